The summed E-state index contributed by atoms with van der Waals surface area (Å²) in [6.45, 7) is 4.54. The lowest BCUT2D eigenvalue weighted by Crippen LogP contribution is -2.48. The Morgan fingerprint density at radius 2 is 2.12 bits per heavy atom. The van der Waals surface area contributed by atoms with Gasteiger partial charge in [-0.1, -0.05) is 15.9 Å². The quantitative estimate of drug-likeness (QED) is 0.763. The van der Waals surface area contributed by atoms with Crippen molar-refractivity contribution in [3.8, 4) is 0 Å². The number of rotatable bonds is 3. The Balaban J connectivity index is 1.82. The molecule has 0 saturated carbocycles. The van der Waals surface area contributed by atoms with Crippen LogP contribution >= 0.6 is 15.9 Å². The van der Waals surface area contributed by atoms with Crippen LogP contribution in [0.2, 0.25) is 0 Å². The van der Waals surface area contributed by atoms with Crippen LogP contribution in [0.5, 0.6) is 0 Å². The van der Waals surface area contributed by atoms with E-state index in [1.165, 1.54) is 9.87 Å². The van der Waals surface area contributed by atoms with Crippen LogP contribution in [0.1, 0.15) is 32.3 Å². The van der Waals surface area contributed by atoms with Crippen molar-refractivity contribution in [3.63, 3.8) is 0 Å². The normalized spacial score (nSPS) is 24.9. The zero-order valence-corrected chi connectivity index (χ0v) is 16.4. The van der Waals surface area contributed by atoms with Gasteiger partial charge in [0.15, 0.2) is 0 Å². The van der Waals surface area contributed by atoms with E-state index in [2.05, 4.69) is 28.9 Å². The first-order valence-corrected chi connectivity index (χ1v) is 10.8. The minimum atomic E-state index is -3.23. The van der Waals surface area contributed by atoms with Crippen molar-refractivity contribution in [2.75, 3.05) is 23.7 Å². The van der Waals surface area contributed by atoms with Crippen molar-refractivity contribution >= 4 is 37.5 Å². The number of benzene rings is 1. The molecule has 0 unspecified atom stereocenters. The fourth-order valence-electron chi connectivity index (χ4n) is 3.71. The highest BCUT2D eigenvalue weighted by Crippen LogP contribution is 2.36. The highest BCUT2D eigenvalue weighted by Gasteiger charge is 2.38. The SMILES string of the molecule is CCS(=O)(=O)N1CCC[C@H](C(=O)N2c3ccc(Br)cc3C[C@@H]2C)C1. The Hall–Kier alpha value is -0.920. The van der Waals surface area contributed by atoms with Crippen molar-refractivity contribution in [3.05, 3.63) is 28.2 Å². The summed E-state index contributed by atoms with van der Waals surface area (Å²) < 4.78 is 26.8. The van der Waals surface area contributed by atoms with Gasteiger partial charge in [0.2, 0.25) is 15.9 Å². The van der Waals surface area contributed by atoms with E-state index < -0.39 is 10.0 Å². The number of anilines is 1. The molecule has 5 nitrogen and oxygen atoms in total. The Labute approximate surface area is 152 Å². The minimum Gasteiger partial charge on any atom is -0.309 e. The maximum Gasteiger partial charge on any atom is 0.231 e. The van der Waals surface area contributed by atoms with Crippen LogP contribution in [-0.4, -0.2) is 43.5 Å². The summed E-state index contributed by atoms with van der Waals surface area (Å²) in [5.41, 5.74) is 2.13. The van der Waals surface area contributed by atoms with E-state index in [-0.39, 0.29) is 23.6 Å². The van der Waals surface area contributed by atoms with Crippen LogP contribution in [-0.2, 0) is 21.2 Å². The number of sulfonamides is 1. The molecule has 1 aromatic rings. The van der Waals surface area contributed by atoms with Crippen molar-refractivity contribution in [1.82, 2.24) is 4.31 Å². The lowest BCUT2D eigenvalue weighted by Gasteiger charge is -2.34. The fraction of sp³-hybridized carbons (Fsp3) is 0.588. The van der Waals surface area contributed by atoms with Gasteiger partial charge in [0.1, 0.15) is 0 Å². The van der Waals surface area contributed by atoms with Crippen LogP contribution in [0.4, 0.5) is 5.69 Å². The predicted molar refractivity (Wildman–Crippen MR) is 98.6 cm³/mol. The third-order valence-electron chi connectivity index (χ3n) is 4.99. The van der Waals surface area contributed by atoms with Crippen LogP contribution in [0.15, 0.2) is 22.7 Å². The van der Waals surface area contributed by atoms with Crippen molar-refractivity contribution in [2.45, 2.75) is 39.2 Å². The van der Waals surface area contributed by atoms with Crippen molar-refractivity contribution in [2.24, 2.45) is 5.92 Å². The summed E-state index contributed by atoms with van der Waals surface area (Å²) >= 11 is 3.48. The van der Waals surface area contributed by atoms with Gasteiger partial charge in [0.25, 0.3) is 0 Å². The molecule has 0 bridgehead atoms. The van der Waals surface area contributed by atoms with Crippen LogP contribution < -0.4 is 4.90 Å². The molecule has 132 valence electrons. The maximum absolute atomic E-state index is 13.1. The van der Waals surface area contributed by atoms with Crippen LogP contribution in [0.25, 0.3) is 0 Å². The molecule has 3 rings (SSSR count). The number of carbonyl (C=O) groups is 1. The van der Waals surface area contributed by atoms with E-state index in [1.54, 1.807) is 6.92 Å². The summed E-state index contributed by atoms with van der Waals surface area (Å²) in [6.07, 6.45) is 2.33. The van der Waals surface area contributed by atoms with Gasteiger partial charge in [0.05, 0.1) is 11.7 Å². The number of halogens is 1. The van der Waals surface area contributed by atoms with Gasteiger partial charge >= 0.3 is 0 Å². The average Bonchev–Trinajstić information content (AvgIpc) is 2.89. The smallest absolute Gasteiger partial charge is 0.231 e. The molecule has 2 aliphatic rings. The Morgan fingerprint density at radius 1 is 1.38 bits per heavy atom. The van der Waals surface area contributed by atoms with Gasteiger partial charge in [-0.15, -0.1) is 0 Å². The summed E-state index contributed by atoms with van der Waals surface area (Å²) in [5, 5.41) is 0. The molecule has 24 heavy (non-hydrogen) atoms. The molecule has 2 atom stereocenters. The third kappa shape index (κ3) is 3.26. The Kier molecular flexibility index (Phi) is 5.04. The molecule has 1 aromatic carbocycles. The molecule has 0 N–H and O–H groups in total. The zero-order chi connectivity index (χ0) is 17.5. The molecule has 0 spiro atoms. The molecule has 1 amide bonds. The van der Waals surface area contributed by atoms with Gasteiger partial charge in [0, 0.05) is 29.3 Å². The largest absolute Gasteiger partial charge is 0.309 e. The molecule has 7 heteroatoms. The van der Waals surface area contributed by atoms with E-state index in [0.717, 1.165) is 29.4 Å². The molecule has 0 aliphatic carbocycles. The highest BCUT2D eigenvalue weighted by atomic mass is 79.9. The lowest BCUT2D eigenvalue weighted by molar-refractivity contribution is -0.123. The molecule has 1 saturated heterocycles. The first-order valence-electron chi connectivity index (χ1n) is 8.43. The molecular formula is C17H23BrN2O3S. The summed E-state index contributed by atoms with van der Waals surface area (Å²) in [4.78, 5) is 15.0. The monoisotopic (exact) mass is 414 g/mol. The van der Waals surface area contributed by atoms with E-state index in [0.29, 0.717) is 13.1 Å². The Bertz CT molecular complexity index is 750. The van der Waals surface area contributed by atoms with E-state index in [4.69, 9.17) is 0 Å². The summed E-state index contributed by atoms with van der Waals surface area (Å²) in [7, 11) is -3.23. The van der Waals surface area contributed by atoms with E-state index in [1.807, 2.05) is 17.0 Å². The van der Waals surface area contributed by atoms with Gasteiger partial charge in [-0.25, -0.2) is 12.7 Å². The van der Waals surface area contributed by atoms with Gasteiger partial charge in [-0.2, -0.15) is 0 Å². The van der Waals surface area contributed by atoms with Crippen LogP contribution in [0, 0.1) is 5.92 Å². The highest BCUT2D eigenvalue weighted by molar-refractivity contribution is 9.10. The first kappa shape index (κ1) is 17.9. The fourth-order valence-corrected chi connectivity index (χ4v) is 5.30. The number of piperidine rings is 1. The van der Waals surface area contributed by atoms with Gasteiger partial charge < -0.3 is 4.90 Å². The second kappa shape index (κ2) is 6.77. The van der Waals surface area contributed by atoms with Gasteiger partial charge in [-0.05, 0) is 56.9 Å². The average molecular weight is 415 g/mol. The van der Waals surface area contributed by atoms with Crippen molar-refractivity contribution < 1.29 is 13.2 Å². The minimum absolute atomic E-state index is 0.0552. The number of amides is 1. The number of hydrogen-bond acceptors (Lipinski definition) is 3. The standard InChI is InChI=1S/C17H23BrN2O3S/c1-3-24(22,23)19-8-4-5-13(11-19)17(21)20-12(2)9-14-10-15(18)6-7-16(14)20/h6-7,10,12-13H,3-5,8-9,11H2,1-2H3/t12-,13-/m0/s1. The summed E-state index contributed by atoms with van der Waals surface area (Å²) in [6, 6.07) is 6.10. The molecule has 0 aromatic heterocycles. The molecule has 1 fully saturated rings. The van der Waals surface area contributed by atoms with Crippen LogP contribution in [0.3, 0.4) is 0 Å². The predicted octanol–water partition coefficient (Wildman–Crippen LogP) is 2.79. The van der Waals surface area contributed by atoms with E-state index in [9.17, 15) is 13.2 Å². The second-order valence-electron chi connectivity index (χ2n) is 6.63. The maximum atomic E-state index is 13.1. The first-order chi connectivity index (χ1) is 11.3. The number of hydrogen-bond donors (Lipinski definition) is 0. The third-order valence-corrected chi connectivity index (χ3v) is 7.33. The number of carbonyl (C=O) groups excluding carboxylic acids is 1. The van der Waals surface area contributed by atoms with Gasteiger partial charge in [-0.3, -0.25) is 4.79 Å². The summed E-state index contributed by atoms with van der Waals surface area (Å²) in [5.74, 6) is -0.109. The van der Waals surface area contributed by atoms with Crippen molar-refractivity contribution in [1.29, 1.82) is 0 Å². The molecular weight excluding hydrogens is 392 g/mol. The molecule has 2 heterocycles. The number of fused-ring (bicyclic) bond motifs is 1. The number of nitrogens with zero attached hydrogens (tertiary/aromatic N) is 2. The lowest BCUT2D eigenvalue weighted by atomic mass is 9.97. The topological polar surface area (TPSA) is 57.7 Å². The zero-order valence-electron chi connectivity index (χ0n) is 14.0. The van der Waals surface area contributed by atoms with E-state index >= 15 is 0 Å². The second-order valence-corrected chi connectivity index (χ2v) is 9.81. The molecule has 2 aliphatic heterocycles. The molecule has 0 radical (unpaired) electrons. The Morgan fingerprint density at radius 3 is 2.83 bits per heavy atom.